The molecule has 0 aliphatic carbocycles. The van der Waals surface area contributed by atoms with Gasteiger partial charge in [0.15, 0.2) is 0 Å². The van der Waals surface area contributed by atoms with Crippen molar-refractivity contribution in [3.05, 3.63) is 18.0 Å². The van der Waals surface area contributed by atoms with Crippen LogP contribution in [0, 0.1) is 0 Å². The fourth-order valence-electron chi connectivity index (χ4n) is 2.42. The van der Waals surface area contributed by atoms with E-state index in [1.165, 1.54) is 37.9 Å². The Morgan fingerprint density at radius 3 is 2.69 bits per heavy atom. The van der Waals surface area contributed by atoms with Crippen LogP contribution in [-0.2, 0) is 7.05 Å². The molecule has 0 amide bonds. The van der Waals surface area contributed by atoms with E-state index in [-0.39, 0.29) is 0 Å². The van der Waals surface area contributed by atoms with Crippen LogP contribution in [0.25, 0.3) is 0 Å². The van der Waals surface area contributed by atoms with E-state index in [2.05, 4.69) is 16.2 Å². The second-order valence-corrected chi connectivity index (χ2v) is 4.74. The highest BCUT2D eigenvalue weighted by molar-refractivity contribution is 5.12. The van der Waals surface area contributed by atoms with E-state index in [0.717, 1.165) is 6.54 Å². The summed E-state index contributed by atoms with van der Waals surface area (Å²) in [5.74, 6) is 0.437. The molecule has 1 aromatic heterocycles. The van der Waals surface area contributed by atoms with Gasteiger partial charge in [-0.15, -0.1) is 0 Å². The summed E-state index contributed by atoms with van der Waals surface area (Å²) in [6, 6.07) is 0. The SMILES string of the molecule is Cn1cc(C(CN)CN2CCCCC2)cn1. The van der Waals surface area contributed by atoms with Crippen LogP contribution >= 0.6 is 0 Å². The molecule has 0 saturated carbocycles. The number of likely N-dealkylation sites (tertiary alicyclic amines) is 1. The van der Waals surface area contributed by atoms with Crippen molar-refractivity contribution in [2.24, 2.45) is 12.8 Å². The van der Waals surface area contributed by atoms with Gasteiger partial charge in [-0.1, -0.05) is 6.42 Å². The van der Waals surface area contributed by atoms with E-state index in [1.54, 1.807) is 0 Å². The van der Waals surface area contributed by atoms with Gasteiger partial charge in [-0.2, -0.15) is 5.10 Å². The third-order valence-electron chi connectivity index (χ3n) is 3.41. The van der Waals surface area contributed by atoms with E-state index < -0.39 is 0 Å². The summed E-state index contributed by atoms with van der Waals surface area (Å²) in [4.78, 5) is 2.54. The fourth-order valence-corrected chi connectivity index (χ4v) is 2.42. The fraction of sp³-hybridized carbons (Fsp3) is 0.750. The Hall–Kier alpha value is -0.870. The molecule has 1 unspecified atom stereocenters. The lowest BCUT2D eigenvalue weighted by Gasteiger charge is -2.29. The van der Waals surface area contributed by atoms with Crippen LogP contribution in [0.15, 0.2) is 12.4 Å². The molecule has 4 nitrogen and oxygen atoms in total. The Labute approximate surface area is 97.4 Å². The maximum atomic E-state index is 5.87. The lowest BCUT2D eigenvalue weighted by Crippen LogP contribution is -2.35. The van der Waals surface area contributed by atoms with Crippen LogP contribution in [-0.4, -0.2) is 40.9 Å². The molecule has 2 heterocycles. The van der Waals surface area contributed by atoms with Crippen LogP contribution in [0.4, 0.5) is 0 Å². The minimum atomic E-state index is 0.437. The summed E-state index contributed by atoms with van der Waals surface area (Å²) < 4.78 is 1.86. The molecule has 1 aliphatic rings. The number of nitrogens with zero attached hydrogens (tertiary/aromatic N) is 3. The van der Waals surface area contributed by atoms with Gasteiger partial charge in [0, 0.05) is 32.3 Å². The summed E-state index contributed by atoms with van der Waals surface area (Å²) >= 11 is 0. The number of nitrogens with two attached hydrogens (primary N) is 1. The zero-order chi connectivity index (χ0) is 11.4. The average molecular weight is 222 g/mol. The molecule has 90 valence electrons. The van der Waals surface area contributed by atoms with Gasteiger partial charge in [0.2, 0.25) is 0 Å². The minimum Gasteiger partial charge on any atom is -0.330 e. The molecule has 1 aromatic rings. The standard InChI is InChI=1S/C12H22N4/c1-15-9-12(8-14-15)11(7-13)10-16-5-3-2-4-6-16/h8-9,11H,2-7,10,13H2,1H3. The van der Waals surface area contributed by atoms with Gasteiger partial charge in [0.1, 0.15) is 0 Å². The Kier molecular flexibility index (Phi) is 3.96. The van der Waals surface area contributed by atoms with E-state index in [1.807, 2.05) is 17.9 Å². The number of aryl methyl sites for hydroxylation is 1. The molecule has 2 N–H and O–H groups in total. The first-order valence-corrected chi connectivity index (χ1v) is 6.20. The Morgan fingerprint density at radius 2 is 2.12 bits per heavy atom. The van der Waals surface area contributed by atoms with Crippen molar-refractivity contribution in [3.63, 3.8) is 0 Å². The number of hydrogen-bond acceptors (Lipinski definition) is 3. The Balaban J connectivity index is 1.94. The first kappa shape index (κ1) is 11.6. The first-order chi connectivity index (χ1) is 7.79. The van der Waals surface area contributed by atoms with E-state index in [9.17, 15) is 0 Å². The molecule has 16 heavy (non-hydrogen) atoms. The molecule has 0 bridgehead atoms. The minimum absolute atomic E-state index is 0.437. The van der Waals surface area contributed by atoms with Gasteiger partial charge in [0.25, 0.3) is 0 Å². The summed E-state index contributed by atoms with van der Waals surface area (Å²) in [5.41, 5.74) is 7.14. The van der Waals surface area contributed by atoms with Crippen molar-refractivity contribution in [2.45, 2.75) is 25.2 Å². The molecule has 4 heteroatoms. The van der Waals surface area contributed by atoms with Crippen molar-refractivity contribution in [2.75, 3.05) is 26.2 Å². The second-order valence-electron chi connectivity index (χ2n) is 4.74. The predicted molar refractivity (Wildman–Crippen MR) is 65.3 cm³/mol. The van der Waals surface area contributed by atoms with Crippen molar-refractivity contribution in [3.8, 4) is 0 Å². The third kappa shape index (κ3) is 2.83. The molecule has 1 atom stereocenters. The Bertz CT molecular complexity index is 315. The quantitative estimate of drug-likeness (QED) is 0.825. The maximum absolute atomic E-state index is 5.87. The van der Waals surface area contributed by atoms with Crippen molar-refractivity contribution < 1.29 is 0 Å². The van der Waals surface area contributed by atoms with Gasteiger partial charge in [-0.3, -0.25) is 4.68 Å². The van der Waals surface area contributed by atoms with Crippen molar-refractivity contribution in [1.29, 1.82) is 0 Å². The van der Waals surface area contributed by atoms with Crippen LogP contribution in [0.3, 0.4) is 0 Å². The van der Waals surface area contributed by atoms with Crippen LogP contribution in [0.2, 0.25) is 0 Å². The topological polar surface area (TPSA) is 47.1 Å². The van der Waals surface area contributed by atoms with Crippen molar-refractivity contribution in [1.82, 2.24) is 14.7 Å². The summed E-state index contributed by atoms with van der Waals surface area (Å²) in [6.45, 7) is 4.26. The molecular weight excluding hydrogens is 200 g/mol. The molecule has 1 fully saturated rings. The lowest BCUT2D eigenvalue weighted by molar-refractivity contribution is 0.216. The van der Waals surface area contributed by atoms with Gasteiger partial charge >= 0.3 is 0 Å². The molecule has 1 saturated heterocycles. The van der Waals surface area contributed by atoms with Gasteiger partial charge in [-0.05, 0) is 31.5 Å². The van der Waals surface area contributed by atoms with Gasteiger partial charge in [-0.25, -0.2) is 0 Å². The van der Waals surface area contributed by atoms with Crippen LogP contribution in [0.1, 0.15) is 30.7 Å². The highest BCUT2D eigenvalue weighted by atomic mass is 15.2. The number of rotatable bonds is 4. The van der Waals surface area contributed by atoms with Crippen molar-refractivity contribution >= 4 is 0 Å². The summed E-state index contributed by atoms with van der Waals surface area (Å²) in [7, 11) is 1.96. The highest BCUT2D eigenvalue weighted by Crippen LogP contribution is 2.18. The molecular formula is C12H22N4. The Morgan fingerprint density at radius 1 is 1.38 bits per heavy atom. The largest absolute Gasteiger partial charge is 0.330 e. The number of hydrogen-bond donors (Lipinski definition) is 1. The third-order valence-corrected chi connectivity index (χ3v) is 3.41. The van der Waals surface area contributed by atoms with Crippen LogP contribution < -0.4 is 5.73 Å². The molecule has 1 aliphatic heterocycles. The highest BCUT2D eigenvalue weighted by Gasteiger charge is 2.17. The lowest BCUT2D eigenvalue weighted by atomic mass is 10.0. The zero-order valence-electron chi connectivity index (χ0n) is 10.1. The average Bonchev–Trinajstić information content (AvgIpc) is 2.74. The first-order valence-electron chi connectivity index (χ1n) is 6.20. The molecule has 0 aromatic carbocycles. The molecule has 0 spiro atoms. The maximum Gasteiger partial charge on any atom is 0.0525 e. The van der Waals surface area contributed by atoms with Crippen LogP contribution in [0.5, 0.6) is 0 Å². The second kappa shape index (κ2) is 5.46. The van der Waals surface area contributed by atoms with E-state index >= 15 is 0 Å². The van der Waals surface area contributed by atoms with Gasteiger partial charge < -0.3 is 10.6 Å². The van der Waals surface area contributed by atoms with Gasteiger partial charge in [0.05, 0.1) is 6.20 Å². The predicted octanol–water partition coefficient (Wildman–Crippen LogP) is 0.948. The molecule has 0 radical (unpaired) electrons. The number of piperidine rings is 1. The molecule has 2 rings (SSSR count). The number of aromatic nitrogens is 2. The summed E-state index contributed by atoms with van der Waals surface area (Å²) in [6.07, 6.45) is 8.09. The summed E-state index contributed by atoms with van der Waals surface area (Å²) in [5, 5.41) is 4.22. The monoisotopic (exact) mass is 222 g/mol. The van der Waals surface area contributed by atoms with E-state index in [0.29, 0.717) is 12.5 Å². The smallest absolute Gasteiger partial charge is 0.0525 e. The normalized spacial score (nSPS) is 19.9. The zero-order valence-corrected chi connectivity index (χ0v) is 10.1. The van der Waals surface area contributed by atoms with E-state index in [4.69, 9.17) is 5.73 Å².